The molecule has 0 aromatic carbocycles. The summed E-state index contributed by atoms with van der Waals surface area (Å²) in [6.45, 7) is 3.38. The van der Waals surface area contributed by atoms with Gasteiger partial charge in [0.15, 0.2) is 0 Å². The molecule has 1 aliphatic carbocycles. The van der Waals surface area contributed by atoms with E-state index in [0.717, 1.165) is 18.4 Å². The highest BCUT2D eigenvalue weighted by Crippen LogP contribution is 2.33. The molecule has 2 rings (SSSR count). The molecule has 2 atom stereocenters. The van der Waals surface area contributed by atoms with Gasteiger partial charge in [-0.25, -0.2) is 5.01 Å². The minimum Gasteiger partial charge on any atom is -0.269 e. The second kappa shape index (κ2) is 5.31. The number of nitrogens with zero attached hydrogens (tertiary/aromatic N) is 1. The molecule has 0 spiro atoms. The zero-order chi connectivity index (χ0) is 10.7. The maximum atomic E-state index is 5.91. The molecule has 0 bridgehead atoms. The average molecular weight is 210 g/mol. The standard InChI is InChI=1S/C13H26N2/c1-11-9-13(7-8-15(11)14)10-12-5-3-2-4-6-12/h11-13H,2-10,14H2,1H3. The summed E-state index contributed by atoms with van der Waals surface area (Å²) in [5, 5.41) is 2.03. The Balaban J connectivity index is 1.74. The number of hydrogen-bond acceptors (Lipinski definition) is 2. The number of nitrogens with two attached hydrogens (primary N) is 1. The Kier molecular flexibility index (Phi) is 4.04. The van der Waals surface area contributed by atoms with Crippen LogP contribution in [-0.2, 0) is 0 Å². The Morgan fingerprint density at radius 3 is 2.47 bits per heavy atom. The van der Waals surface area contributed by atoms with Gasteiger partial charge in [-0.3, -0.25) is 5.84 Å². The van der Waals surface area contributed by atoms with Gasteiger partial charge in [-0.2, -0.15) is 0 Å². The first-order valence-electron chi connectivity index (χ1n) is 6.77. The molecule has 1 heterocycles. The molecule has 15 heavy (non-hydrogen) atoms. The Bertz CT molecular complexity index is 187. The fraction of sp³-hybridized carbons (Fsp3) is 1.00. The third kappa shape index (κ3) is 3.18. The molecule has 0 radical (unpaired) electrons. The van der Waals surface area contributed by atoms with Gasteiger partial charge >= 0.3 is 0 Å². The number of piperidine rings is 1. The Labute approximate surface area is 94.2 Å². The van der Waals surface area contributed by atoms with Crippen LogP contribution in [0, 0.1) is 11.8 Å². The van der Waals surface area contributed by atoms with Crippen molar-refractivity contribution in [3.63, 3.8) is 0 Å². The highest BCUT2D eigenvalue weighted by molar-refractivity contribution is 4.78. The summed E-state index contributed by atoms with van der Waals surface area (Å²) in [5.74, 6) is 7.91. The van der Waals surface area contributed by atoms with Crippen molar-refractivity contribution in [2.24, 2.45) is 17.7 Å². The molecule has 1 aliphatic heterocycles. The highest BCUT2D eigenvalue weighted by Gasteiger charge is 2.26. The summed E-state index contributed by atoms with van der Waals surface area (Å²) >= 11 is 0. The lowest BCUT2D eigenvalue weighted by atomic mass is 9.79. The van der Waals surface area contributed by atoms with Crippen LogP contribution in [0.5, 0.6) is 0 Å². The van der Waals surface area contributed by atoms with Crippen molar-refractivity contribution in [2.75, 3.05) is 6.54 Å². The molecule has 88 valence electrons. The van der Waals surface area contributed by atoms with Gasteiger partial charge in [-0.05, 0) is 38.0 Å². The molecule has 2 fully saturated rings. The fourth-order valence-corrected chi connectivity index (χ4v) is 3.40. The first-order chi connectivity index (χ1) is 7.25. The second-order valence-electron chi connectivity index (χ2n) is 5.72. The number of rotatable bonds is 2. The molecule has 2 unspecified atom stereocenters. The van der Waals surface area contributed by atoms with Crippen LogP contribution in [-0.4, -0.2) is 17.6 Å². The summed E-state index contributed by atoms with van der Waals surface area (Å²) in [6.07, 6.45) is 11.6. The first-order valence-corrected chi connectivity index (χ1v) is 6.77. The lowest BCUT2D eigenvalue weighted by molar-refractivity contribution is 0.107. The largest absolute Gasteiger partial charge is 0.269 e. The molecule has 0 aromatic rings. The smallest absolute Gasteiger partial charge is 0.0215 e. The summed E-state index contributed by atoms with van der Waals surface area (Å²) in [6, 6.07) is 0.604. The minimum absolute atomic E-state index is 0.604. The van der Waals surface area contributed by atoms with E-state index in [1.54, 1.807) is 0 Å². The predicted octanol–water partition coefficient (Wildman–Crippen LogP) is 2.93. The molecule has 1 saturated heterocycles. The van der Waals surface area contributed by atoms with E-state index in [1.165, 1.54) is 51.4 Å². The first kappa shape index (κ1) is 11.4. The lowest BCUT2D eigenvalue weighted by Gasteiger charge is -2.36. The van der Waals surface area contributed by atoms with Crippen LogP contribution < -0.4 is 5.84 Å². The molecule has 0 aromatic heterocycles. The Morgan fingerprint density at radius 2 is 1.80 bits per heavy atom. The molecular weight excluding hydrogens is 184 g/mol. The van der Waals surface area contributed by atoms with Crippen molar-refractivity contribution in [3.05, 3.63) is 0 Å². The maximum absolute atomic E-state index is 5.91. The van der Waals surface area contributed by atoms with Crippen molar-refractivity contribution in [1.29, 1.82) is 0 Å². The molecule has 0 amide bonds. The molecule has 1 saturated carbocycles. The van der Waals surface area contributed by atoms with E-state index in [1.807, 2.05) is 5.01 Å². The van der Waals surface area contributed by atoms with E-state index in [9.17, 15) is 0 Å². The van der Waals surface area contributed by atoms with Gasteiger partial charge < -0.3 is 0 Å². The van der Waals surface area contributed by atoms with Gasteiger partial charge in [-0.15, -0.1) is 0 Å². The topological polar surface area (TPSA) is 29.3 Å². The van der Waals surface area contributed by atoms with E-state index < -0.39 is 0 Å². The van der Waals surface area contributed by atoms with E-state index in [4.69, 9.17) is 5.84 Å². The van der Waals surface area contributed by atoms with Crippen LogP contribution in [0.3, 0.4) is 0 Å². The fourth-order valence-electron chi connectivity index (χ4n) is 3.40. The molecule has 2 aliphatic rings. The number of hydrogen-bond donors (Lipinski definition) is 1. The molecule has 2 nitrogen and oxygen atoms in total. The predicted molar refractivity (Wildman–Crippen MR) is 64.3 cm³/mol. The zero-order valence-electron chi connectivity index (χ0n) is 10.1. The highest BCUT2D eigenvalue weighted by atomic mass is 15.4. The summed E-state index contributed by atoms with van der Waals surface area (Å²) in [5.41, 5.74) is 0. The van der Waals surface area contributed by atoms with Crippen LogP contribution >= 0.6 is 0 Å². The monoisotopic (exact) mass is 210 g/mol. The third-order valence-corrected chi connectivity index (χ3v) is 4.43. The van der Waals surface area contributed by atoms with Crippen LogP contribution in [0.4, 0.5) is 0 Å². The zero-order valence-corrected chi connectivity index (χ0v) is 10.1. The second-order valence-corrected chi connectivity index (χ2v) is 5.72. The summed E-state index contributed by atoms with van der Waals surface area (Å²) < 4.78 is 0. The molecule has 2 N–H and O–H groups in total. The summed E-state index contributed by atoms with van der Waals surface area (Å²) in [4.78, 5) is 0. The van der Waals surface area contributed by atoms with Gasteiger partial charge in [0.25, 0.3) is 0 Å². The molecule has 2 heteroatoms. The van der Waals surface area contributed by atoms with Crippen LogP contribution in [0.1, 0.15) is 58.3 Å². The van der Waals surface area contributed by atoms with Crippen LogP contribution in [0.25, 0.3) is 0 Å². The van der Waals surface area contributed by atoms with E-state index in [-0.39, 0.29) is 0 Å². The molecular formula is C13H26N2. The number of hydrazine groups is 1. The third-order valence-electron chi connectivity index (χ3n) is 4.43. The van der Waals surface area contributed by atoms with Gasteiger partial charge in [0, 0.05) is 12.6 Å². The SMILES string of the molecule is CC1CC(CC2CCCCC2)CCN1N. The van der Waals surface area contributed by atoms with Gasteiger partial charge in [0.2, 0.25) is 0 Å². The van der Waals surface area contributed by atoms with Crippen molar-refractivity contribution >= 4 is 0 Å². The minimum atomic E-state index is 0.604. The lowest BCUT2D eigenvalue weighted by Crippen LogP contribution is -2.45. The van der Waals surface area contributed by atoms with E-state index >= 15 is 0 Å². The summed E-state index contributed by atoms with van der Waals surface area (Å²) in [7, 11) is 0. The van der Waals surface area contributed by atoms with Gasteiger partial charge in [-0.1, -0.05) is 32.1 Å². The van der Waals surface area contributed by atoms with Crippen molar-refractivity contribution in [3.8, 4) is 0 Å². The van der Waals surface area contributed by atoms with E-state index in [0.29, 0.717) is 6.04 Å². The van der Waals surface area contributed by atoms with E-state index in [2.05, 4.69) is 6.92 Å². The maximum Gasteiger partial charge on any atom is 0.0215 e. The van der Waals surface area contributed by atoms with Crippen molar-refractivity contribution in [1.82, 2.24) is 5.01 Å². The van der Waals surface area contributed by atoms with Crippen LogP contribution in [0.2, 0.25) is 0 Å². The van der Waals surface area contributed by atoms with Gasteiger partial charge in [0.1, 0.15) is 0 Å². The Hall–Kier alpha value is -0.0800. The van der Waals surface area contributed by atoms with Crippen LogP contribution in [0.15, 0.2) is 0 Å². The Morgan fingerprint density at radius 1 is 1.07 bits per heavy atom. The normalized spacial score (nSPS) is 35.6. The average Bonchev–Trinajstić information content (AvgIpc) is 2.25. The van der Waals surface area contributed by atoms with Crippen molar-refractivity contribution in [2.45, 2.75) is 64.3 Å². The quantitative estimate of drug-likeness (QED) is 0.710. The van der Waals surface area contributed by atoms with Gasteiger partial charge in [0.05, 0.1) is 0 Å². The van der Waals surface area contributed by atoms with Crippen molar-refractivity contribution < 1.29 is 0 Å².